The number of pyridine rings is 1. The summed E-state index contributed by atoms with van der Waals surface area (Å²) in [6.07, 6.45) is 3.04. The van der Waals surface area contributed by atoms with Gasteiger partial charge in [-0.25, -0.2) is 0 Å². The quantitative estimate of drug-likeness (QED) is 0.877. The molecule has 3 rings (SSSR count). The molecule has 2 aromatic rings. The van der Waals surface area contributed by atoms with Crippen LogP contribution in [0.1, 0.15) is 35.3 Å². The maximum Gasteiger partial charge on any atom is 0.252 e. The fraction of sp³-hybridized carbons (Fsp3) is 0.375. The second-order valence-electron chi connectivity index (χ2n) is 5.50. The Hall–Kier alpha value is -1.94. The smallest absolute Gasteiger partial charge is 0.252 e. The number of amides is 1. The van der Waals surface area contributed by atoms with Crippen LogP contribution in [0.25, 0.3) is 10.9 Å². The van der Waals surface area contributed by atoms with Gasteiger partial charge in [-0.1, -0.05) is 18.2 Å². The molecular weight excluding hydrogens is 250 g/mol. The first-order valence-electron chi connectivity index (χ1n) is 7.08. The summed E-state index contributed by atoms with van der Waals surface area (Å²) < 4.78 is 0. The molecule has 0 saturated heterocycles. The summed E-state index contributed by atoms with van der Waals surface area (Å²) in [6, 6.07) is 9.74. The van der Waals surface area contributed by atoms with E-state index < -0.39 is 0 Å². The summed E-state index contributed by atoms with van der Waals surface area (Å²) in [5, 5.41) is 3.96. The molecule has 1 aromatic carbocycles. The molecule has 3 N–H and O–H groups in total. The van der Waals surface area contributed by atoms with Crippen molar-refractivity contribution in [3.05, 3.63) is 41.6 Å². The van der Waals surface area contributed by atoms with Gasteiger partial charge in [0, 0.05) is 23.2 Å². The zero-order valence-corrected chi connectivity index (χ0v) is 11.6. The molecule has 4 heteroatoms. The Labute approximate surface area is 118 Å². The Morgan fingerprint density at radius 1 is 1.35 bits per heavy atom. The van der Waals surface area contributed by atoms with E-state index >= 15 is 0 Å². The summed E-state index contributed by atoms with van der Waals surface area (Å²) in [7, 11) is 0. The molecule has 0 radical (unpaired) electrons. The van der Waals surface area contributed by atoms with Crippen molar-refractivity contribution >= 4 is 16.8 Å². The summed E-state index contributed by atoms with van der Waals surface area (Å²) >= 11 is 0. The van der Waals surface area contributed by atoms with Gasteiger partial charge in [0.15, 0.2) is 0 Å². The van der Waals surface area contributed by atoms with Crippen LogP contribution in [0.3, 0.4) is 0 Å². The predicted octanol–water partition coefficient (Wildman–Crippen LogP) is 2.15. The average molecular weight is 269 g/mol. The van der Waals surface area contributed by atoms with Crippen LogP contribution in [-0.4, -0.2) is 23.0 Å². The number of aryl methyl sites for hydroxylation is 1. The second kappa shape index (κ2) is 5.21. The SMILES string of the molecule is Cc1cc(C(=O)NC2CCCC2N)c2ccccc2n1. The largest absolute Gasteiger partial charge is 0.348 e. The van der Waals surface area contributed by atoms with Crippen molar-refractivity contribution in [2.24, 2.45) is 5.73 Å². The van der Waals surface area contributed by atoms with Crippen LogP contribution in [0.4, 0.5) is 0 Å². The lowest BCUT2D eigenvalue weighted by molar-refractivity contribution is 0.0936. The molecule has 20 heavy (non-hydrogen) atoms. The number of benzene rings is 1. The molecule has 1 aromatic heterocycles. The fourth-order valence-electron chi connectivity index (χ4n) is 2.91. The Balaban J connectivity index is 1.94. The molecule has 1 saturated carbocycles. The lowest BCUT2D eigenvalue weighted by Gasteiger charge is -2.18. The van der Waals surface area contributed by atoms with Gasteiger partial charge in [-0.05, 0) is 38.3 Å². The van der Waals surface area contributed by atoms with Crippen molar-refractivity contribution in [1.29, 1.82) is 0 Å². The van der Waals surface area contributed by atoms with Gasteiger partial charge in [-0.2, -0.15) is 0 Å². The summed E-state index contributed by atoms with van der Waals surface area (Å²) in [5.74, 6) is -0.0472. The fourth-order valence-corrected chi connectivity index (χ4v) is 2.91. The summed E-state index contributed by atoms with van der Waals surface area (Å²) in [5.41, 5.74) is 8.41. The minimum absolute atomic E-state index is 0.0472. The van der Waals surface area contributed by atoms with Gasteiger partial charge >= 0.3 is 0 Å². The Kier molecular flexibility index (Phi) is 3.40. The third kappa shape index (κ3) is 2.39. The molecule has 2 atom stereocenters. The number of aromatic nitrogens is 1. The van der Waals surface area contributed by atoms with E-state index in [4.69, 9.17) is 5.73 Å². The highest BCUT2D eigenvalue weighted by molar-refractivity contribution is 6.06. The van der Waals surface area contributed by atoms with Crippen LogP contribution in [0.15, 0.2) is 30.3 Å². The number of carbonyl (C=O) groups excluding carboxylic acids is 1. The molecule has 1 fully saturated rings. The normalized spacial score (nSPS) is 22.1. The minimum Gasteiger partial charge on any atom is -0.348 e. The molecule has 1 aliphatic carbocycles. The van der Waals surface area contributed by atoms with E-state index in [1.807, 2.05) is 37.3 Å². The zero-order chi connectivity index (χ0) is 14.1. The van der Waals surface area contributed by atoms with E-state index in [2.05, 4.69) is 10.3 Å². The van der Waals surface area contributed by atoms with Crippen LogP contribution in [0, 0.1) is 6.92 Å². The minimum atomic E-state index is -0.0472. The van der Waals surface area contributed by atoms with Crippen LogP contribution in [0.5, 0.6) is 0 Å². The Bertz CT molecular complexity index is 653. The Morgan fingerprint density at radius 3 is 2.90 bits per heavy atom. The van der Waals surface area contributed by atoms with Crippen molar-refractivity contribution < 1.29 is 4.79 Å². The van der Waals surface area contributed by atoms with Crippen molar-refractivity contribution in [1.82, 2.24) is 10.3 Å². The number of nitrogens with one attached hydrogen (secondary N) is 1. The Morgan fingerprint density at radius 2 is 2.15 bits per heavy atom. The van der Waals surface area contributed by atoms with E-state index in [0.29, 0.717) is 5.56 Å². The van der Waals surface area contributed by atoms with E-state index in [1.54, 1.807) is 0 Å². The van der Waals surface area contributed by atoms with Gasteiger partial charge in [0.2, 0.25) is 0 Å². The molecule has 0 spiro atoms. The third-order valence-corrected chi connectivity index (χ3v) is 3.97. The van der Waals surface area contributed by atoms with Gasteiger partial charge in [0.1, 0.15) is 0 Å². The second-order valence-corrected chi connectivity index (χ2v) is 5.50. The maximum atomic E-state index is 12.5. The van der Waals surface area contributed by atoms with Crippen LogP contribution < -0.4 is 11.1 Å². The monoisotopic (exact) mass is 269 g/mol. The topological polar surface area (TPSA) is 68.0 Å². The lowest BCUT2D eigenvalue weighted by Crippen LogP contribution is -2.44. The van der Waals surface area contributed by atoms with E-state index in [1.165, 1.54) is 0 Å². The van der Waals surface area contributed by atoms with E-state index in [-0.39, 0.29) is 18.0 Å². The van der Waals surface area contributed by atoms with E-state index in [9.17, 15) is 4.79 Å². The maximum absolute atomic E-state index is 12.5. The van der Waals surface area contributed by atoms with E-state index in [0.717, 1.165) is 35.9 Å². The number of para-hydroxylation sites is 1. The molecular formula is C16H19N3O. The first-order chi connectivity index (χ1) is 9.65. The number of fused-ring (bicyclic) bond motifs is 1. The molecule has 2 unspecified atom stereocenters. The molecule has 1 amide bonds. The summed E-state index contributed by atoms with van der Waals surface area (Å²) in [4.78, 5) is 17.0. The molecule has 1 aliphatic rings. The van der Waals surface area contributed by atoms with Gasteiger partial charge in [0.25, 0.3) is 5.91 Å². The van der Waals surface area contributed by atoms with Crippen molar-refractivity contribution in [3.63, 3.8) is 0 Å². The van der Waals surface area contributed by atoms with Crippen LogP contribution in [-0.2, 0) is 0 Å². The molecule has 0 aliphatic heterocycles. The number of hydrogen-bond donors (Lipinski definition) is 2. The molecule has 0 bridgehead atoms. The van der Waals surface area contributed by atoms with Crippen molar-refractivity contribution in [2.45, 2.75) is 38.3 Å². The van der Waals surface area contributed by atoms with Crippen LogP contribution in [0.2, 0.25) is 0 Å². The lowest BCUT2D eigenvalue weighted by atomic mass is 10.1. The number of rotatable bonds is 2. The van der Waals surface area contributed by atoms with Crippen molar-refractivity contribution in [3.8, 4) is 0 Å². The first kappa shape index (κ1) is 13.1. The highest BCUT2D eigenvalue weighted by Crippen LogP contribution is 2.21. The highest BCUT2D eigenvalue weighted by Gasteiger charge is 2.26. The molecule has 104 valence electrons. The third-order valence-electron chi connectivity index (χ3n) is 3.97. The van der Waals surface area contributed by atoms with Gasteiger partial charge < -0.3 is 11.1 Å². The molecule has 1 heterocycles. The first-order valence-corrected chi connectivity index (χ1v) is 7.08. The van der Waals surface area contributed by atoms with Crippen LogP contribution >= 0.6 is 0 Å². The number of nitrogens with two attached hydrogens (primary N) is 1. The van der Waals surface area contributed by atoms with Gasteiger partial charge in [-0.3, -0.25) is 9.78 Å². The summed E-state index contributed by atoms with van der Waals surface area (Å²) in [6.45, 7) is 1.91. The van der Waals surface area contributed by atoms with Crippen molar-refractivity contribution in [2.75, 3.05) is 0 Å². The standard InChI is InChI=1S/C16H19N3O/c1-10-9-12(11-5-2-3-7-14(11)18-10)16(20)19-15-8-4-6-13(15)17/h2-3,5,7,9,13,15H,4,6,8,17H2,1H3,(H,19,20). The number of carbonyl (C=O) groups is 1. The average Bonchev–Trinajstić information content (AvgIpc) is 2.83. The predicted molar refractivity (Wildman–Crippen MR) is 79.6 cm³/mol. The number of nitrogens with zero attached hydrogens (tertiary/aromatic N) is 1. The van der Waals surface area contributed by atoms with Gasteiger partial charge in [0.05, 0.1) is 11.1 Å². The highest BCUT2D eigenvalue weighted by atomic mass is 16.1. The van der Waals surface area contributed by atoms with Gasteiger partial charge in [-0.15, -0.1) is 0 Å². The zero-order valence-electron chi connectivity index (χ0n) is 11.6. The number of hydrogen-bond acceptors (Lipinski definition) is 3. The molecule has 4 nitrogen and oxygen atoms in total.